The van der Waals surface area contributed by atoms with Gasteiger partial charge in [0.05, 0.1) is 0 Å². The summed E-state index contributed by atoms with van der Waals surface area (Å²) < 4.78 is 0. The zero-order valence-electron chi connectivity index (χ0n) is 10.5. The molecule has 1 amide bonds. The van der Waals surface area contributed by atoms with Gasteiger partial charge >= 0.3 is 0 Å². The molecule has 4 nitrogen and oxygen atoms in total. The summed E-state index contributed by atoms with van der Waals surface area (Å²) in [5.41, 5.74) is 5.48. The van der Waals surface area contributed by atoms with Crippen LogP contribution >= 0.6 is 22.9 Å². The number of thiophene rings is 1. The van der Waals surface area contributed by atoms with E-state index >= 15 is 0 Å². The van der Waals surface area contributed by atoms with E-state index in [9.17, 15) is 4.79 Å². The molecule has 0 radical (unpaired) electrons. The van der Waals surface area contributed by atoms with Gasteiger partial charge in [-0.1, -0.05) is 29.8 Å². The quantitative estimate of drug-likeness (QED) is 0.913. The molecule has 1 aliphatic heterocycles. The molecule has 20 heavy (non-hydrogen) atoms. The monoisotopic (exact) mass is 305 g/mol. The first kappa shape index (κ1) is 13.1. The van der Waals surface area contributed by atoms with E-state index in [4.69, 9.17) is 17.3 Å². The van der Waals surface area contributed by atoms with Crippen LogP contribution < -0.4 is 11.1 Å². The van der Waals surface area contributed by atoms with Gasteiger partial charge in [0, 0.05) is 16.3 Å². The van der Waals surface area contributed by atoms with Gasteiger partial charge in [-0.3, -0.25) is 10.1 Å². The molecule has 102 valence electrons. The fourth-order valence-corrected chi connectivity index (χ4v) is 3.22. The number of hydrogen-bond acceptors (Lipinski definition) is 4. The number of carbonyl (C=O) groups is 1. The van der Waals surface area contributed by atoms with E-state index in [-0.39, 0.29) is 11.9 Å². The maximum absolute atomic E-state index is 12.4. The smallest absolute Gasteiger partial charge is 0.259 e. The minimum absolute atomic E-state index is 0.154. The molecule has 0 fully saturated rings. The van der Waals surface area contributed by atoms with Crippen molar-refractivity contribution in [3.63, 3.8) is 0 Å². The van der Waals surface area contributed by atoms with E-state index in [2.05, 4.69) is 10.3 Å². The SMILES string of the molecule is NC1=N[C@](Cc2cccs2)(c2ccc(Cl)cc2)C(=O)N1. The first-order valence-corrected chi connectivity index (χ1v) is 7.31. The summed E-state index contributed by atoms with van der Waals surface area (Å²) in [5.74, 6) is -0.0489. The van der Waals surface area contributed by atoms with Crippen LogP contribution in [0.4, 0.5) is 0 Å². The number of aliphatic imine (C=N–C) groups is 1. The molecule has 1 aliphatic rings. The van der Waals surface area contributed by atoms with Crippen molar-refractivity contribution in [2.45, 2.75) is 12.0 Å². The number of amides is 1. The number of rotatable bonds is 3. The predicted octanol–water partition coefficient (Wildman–Crippen LogP) is 2.28. The van der Waals surface area contributed by atoms with Crippen LogP contribution in [0, 0.1) is 0 Å². The number of nitrogens with one attached hydrogen (secondary N) is 1. The Balaban J connectivity index is 2.08. The maximum atomic E-state index is 12.4. The van der Waals surface area contributed by atoms with E-state index < -0.39 is 5.54 Å². The molecule has 0 bridgehead atoms. The molecule has 3 N–H and O–H groups in total. The van der Waals surface area contributed by atoms with E-state index in [0.717, 1.165) is 10.4 Å². The van der Waals surface area contributed by atoms with Crippen molar-refractivity contribution in [2.24, 2.45) is 10.7 Å². The van der Waals surface area contributed by atoms with Crippen molar-refractivity contribution in [3.8, 4) is 0 Å². The normalized spacial score (nSPS) is 21.6. The summed E-state index contributed by atoms with van der Waals surface area (Å²) in [6, 6.07) is 11.1. The second-order valence-electron chi connectivity index (χ2n) is 4.57. The van der Waals surface area contributed by atoms with Gasteiger partial charge < -0.3 is 5.73 Å². The van der Waals surface area contributed by atoms with Gasteiger partial charge in [-0.25, -0.2) is 4.99 Å². The zero-order chi connectivity index (χ0) is 14.2. The highest BCUT2D eigenvalue weighted by molar-refractivity contribution is 7.09. The van der Waals surface area contributed by atoms with Gasteiger partial charge in [0.2, 0.25) is 0 Å². The number of nitrogens with two attached hydrogens (primary N) is 1. The fourth-order valence-electron chi connectivity index (χ4n) is 2.31. The van der Waals surface area contributed by atoms with Crippen LogP contribution in [0.5, 0.6) is 0 Å². The first-order chi connectivity index (χ1) is 9.60. The first-order valence-electron chi connectivity index (χ1n) is 6.05. The van der Waals surface area contributed by atoms with Gasteiger partial charge in [-0.15, -0.1) is 11.3 Å². The molecule has 0 aliphatic carbocycles. The van der Waals surface area contributed by atoms with E-state index in [1.54, 1.807) is 23.5 Å². The number of nitrogens with zero attached hydrogens (tertiary/aromatic N) is 1. The third-order valence-corrected chi connectivity index (χ3v) is 4.39. The van der Waals surface area contributed by atoms with E-state index in [1.165, 1.54) is 0 Å². The minimum atomic E-state index is -1.00. The number of hydrogen-bond donors (Lipinski definition) is 2. The highest BCUT2D eigenvalue weighted by Gasteiger charge is 2.45. The standard InChI is InChI=1S/C14H12ClN3OS/c15-10-5-3-9(4-6-10)14(8-11-2-1-7-20-11)12(19)17-13(16)18-14/h1-7H,8H2,(H3,16,17,18,19)/t14-/m1/s1. The van der Waals surface area contributed by atoms with Crippen molar-refractivity contribution in [2.75, 3.05) is 0 Å². The van der Waals surface area contributed by atoms with Crippen LogP contribution in [-0.2, 0) is 16.8 Å². The molecule has 3 rings (SSSR count). The molecule has 0 saturated heterocycles. The van der Waals surface area contributed by atoms with Gasteiger partial charge in [0.25, 0.3) is 5.91 Å². The van der Waals surface area contributed by atoms with Crippen molar-refractivity contribution in [3.05, 3.63) is 57.2 Å². The predicted molar refractivity (Wildman–Crippen MR) is 80.9 cm³/mol. The van der Waals surface area contributed by atoms with E-state index in [1.807, 2.05) is 29.6 Å². The van der Waals surface area contributed by atoms with Crippen LogP contribution in [0.1, 0.15) is 10.4 Å². The van der Waals surface area contributed by atoms with Crippen LogP contribution in [0.15, 0.2) is 46.8 Å². The van der Waals surface area contributed by atoms with E-state index in [0.29, 0.717) is 11.4 Å². The summed E-state index contributed by atoms with van der Waals surface area (Å²) in [4.78, 5) is 17.8. The van der Waals surface area contributed by atoms with Gasteiger partial charge in [0.1, 0.15) is 0 Å². The molecule has 1 aromatic carbocycles. The lowest BCUT2D eigenvalue weighted by molar-refractivity contribution is -0.124. The van der Waals surface area contributed by atoms with Crippen LogP contribution in [0.2, 0.25) is 5.02 Å². The Morgan fingerprint density at radius 2 is 2.05 bits per heavy atom. The number of carbonyl (C=O) groups excluding carboxylic acids is 1. The molecule has 0 unspecified atom stereocenters. The van der Waals surface area contributed by atoms with Crippen molar-refractivity contribution < 1.29 is 4.79 Å². The second-order valence-corrected chi connectivity index (χ2v) is 6.04. The third-order valence-electron chi connectivity index (χ3n) is 3.26. The highest BCUT2D eigenvalue weighted by atomic mass is 35.5. The molecule has 0 saturated carbocycles. The Morgan fingerprint density at radius 1 is 1.30 bits per heavy atom. The average Bonchev–Trinajstić information content (AvgIpc) is 3.00. The van der Waals surface area contributed by atoms with Gasteiger partial charge in [-0.2, -0.15) is 0 Å². The van der Waals surface area contributed by atoms with Crippen molar-refractivity contribution >= 4 is 34.8 Å². The van der Waals surface area contributed by atoms with Crippen LogP contribution in [-0.4, -0.2) is 11.9 Å². The van der Waals surface area contributed by atoms with Crippen LogP contribution in [0.3, 0.4) is 0 Å². The lowest BCUT2D eigenvalue weighted by Crippen LogP contribution is -2.40. The summed E-state index contributed by atoms with van der Waals surface area (Å²) in [7, 11) is 0. The summed E-state index contributed by atoms with van der Waals surface area (Å²) >= 11 is 7.51. The Bertz CT molecular complexity index is 666. The number of benzene rings is 1. The lowest BCUT2D eigenvalue weighted by Gasteiger charge is -2.23. The maximum Gasteiger partial charge on any atom is 0.259 e. The largest absolute Gasteiger partial charge is 0.370 e. The Hall–Kier alpha value is -1.85. The molecule has 6 heteroatoms. The minimum Gasteiger partial charge on any atom is -0.370 e. The Kier molecular flexibility index (Phi) is 3.23. The molecule has 2 aromatic rings. The molecule has 0 spiro atoms. The number of halogens is 1. The van der Waals surface area contributed by atoms with Gasteiger partial charge in [-0.05, 0) is 29.1 Å². The van der Waals surface area contributed by atoms with Crippen molar-refractivity contribution in [1.29, 1.82) is 0 Å². The molecule has 1 aromatic heterocycles. The zero-order valence-corrected chi connectivity index (χ0v) is 12.0. The summed E-state index contributed by atoms with van der Waals surface area (Å²) in [6.45, 7) is 0. The summed E-state index contributed by atoms with van der Waals surface area (Å²) in [6.07, 6.45) is 0.485. The average molecular weight is 306 g/mol. The highest BCUT2D eigenvalue weighted by Crippen LogP contribution is 2.35. The third kappa shape index (κ3) is 2.19. The number of guanidine groups is 1. The lowest BCUT2D eigenvalue weighted by atomic mass is 9.86. The van der Waals surface area contributed by atoms with Crippen LogP contribution in [0.25, 0.3) is 0 Å². The van der Waals surface area contributed by atoms with Gasteiger partial charge in [0.15, 0.2) is 11.5 Å². The fraction of sp³-hybridized carbons (Fsp3) is 0.143. The second kappa shape index (κ2) is 4.92. The topological polar surface area (TPSA) is 67.5 Å². The molecule has 1 atom stereocenters. The Morgan fingerprint density at radius 3 is 2.60 bits per heavy atom. The van der Waals surface area contributed by atoms with Crippen molar-refractivity contribution in [1.82, 2.24) is 5.32 Å². The molecular formula is C14H12ClN3OS. The Labute approximate surface area is 125 Å². The molecular weight excluding hydrogens is 294 g/mol. The summed E-state index contributed by atoms with van der Waals surface area (Å²) in [5, 5.41) is 5.19. The molecule has 2 heterocycles.